The van der Waals surface area contributed by atoms with Crippen LogP contribution in [0.2, 0.25) is 0 Å². The molecule has 0 saturated carbocycles. The van der Waals surface area contributed by atoms with Gasteiger partial charge in [-0.1, -0.05) is 12.1 Å². The number of benzene rings is 2. The molecule has 1 aliphatic heterocycles. The average molecular weight is 383 g/mol. The first-order valence-electron chi connectivity index (χ1n) is 8.58. The molecule has 0 aliphatic carbocycles. The zero-order valence-corrected chi connectivity index (χ0v) is 15.0. The maximum Gasteiger partial charge on any atom is 0.140 e. The van der Waals surface area contributed by atoms with Crippen molar-refractivity contribution in [1.29, 1.82) is 0 Å². The van der Waals surface area contributed by atoms with Crippen molar-refractivity contribution in [2.24, 2.45) is 5.73 Å². The minimum Gasteiger partial charge on any atom is -0.386 e. The molecule has 0 bridgehead atoms. The highest BCUT2D eigenvalue weighted by Crippen LogP contribution is 2.43. The van der Waals surface area contributed by atoms with Crippen molar-refractivity contribution in [3.8, 4) is 11.1 Å². The van der Waals surface area contributed by atoms with E-state index in [1.165, 1.54) is 26.0 Å². The number of hydrogen-bond donors (Lipinski definition) is 2. The van der Waals surface area contributed by atoms with Crippen molar-refractivity contribution in [1.82, 2.24) is 0 Å². The quantitative estimate of drug-likeness (QED) is 0.787. The molecule has 2 aromatic rings. The lowest BCUT2D eigenvalue weighted by atomic mass is 9.83. The molecular formula is C20H21F4NO2. The molecule has 0 spiro atoms. The van der Waals surface area contributed by atoms with Crippen molar-refractivity contribution in [2.75, 3.05) is 13.2 Å². The van der Waals surface area contributed by atoms with Gasteiger partial charge in [0, 0.05) is 24.1 Å². The zero-order valence-electron chi connectivity index (χ0n) is 15.0. The molecule has 3 nitrogen and oxygen atoms in total. The Balaban J connectivity index is 2.32. The van der Waals surface area contributed by atoms with Crippen LogP contribution in [0, 0.1) is 17.5 Å². The van der Waals surface area contributed by atoms with Gasteiger partial charge in [-0.3, -0.25) is 0 Å². The van der Waals surface area contributed by atoms with E-state index in [0.717, 1.165) is 18.2 Å². The van der Waals surface area contributed by atoms with Crippen LogP contribution in [0.5, 0.6) is 0 Å². The fourth-order valence-electron chi connectivity index (χ4n) is 3.45. The van der Waals surface area contributed by atoms with Crippen LogP contribution in [0.3, 0.4) is 0 Å². The number of halogens is 4. The lowest BCUT2D eigenvalue weighted by Gasteiger charge is -2.31. The Morgan fingerprint density at radius 3 is 2.30 bits per heavy atom. The van der Waals surface area contributed by atoms with Crippen LogP contribution in [-0.2, 0) is 15.9 Å². The fourth-order valence-corrected chi connectivity index (χ4v) is 3.45. The van der Waals surface area contributed by atoms with Crippen LogP contribution in [0.25, 0.3) is 11.1 Å². The van der Waals surface area contributed by atoms with E-state index in [2.05, 4.69) is 0 Å². The molecule has 0 aromatic heterocycles. The molecule has 27 heavy (non-hydrogen) atoms. The summed E-state index contributed by atoms with van der Waals surface area (Å²) in [6.07, 6.45) is -1.52. The molecule has 146 valence electrons. The first kappa shape index (κ1) is 19.8. The summed E-state index contributed by atoms with van der Waals surface area (Å²) in [5, 5.41) is 10.4. The Kier molecular flexibility index (Phi) is 5.05. The van der Waals surface area contributed by atoms with Gasteiger partial charge in [0.2, 0.25) is 0 Å². The van der Waals surface area contributed by atoms with E-state index < -0.39 is 40.4 Å². The molecule has 1 aliphatic rings. The van der Waals surface area contributed by atoms with E-state index in [9.17, 15) is 13.9 Å². The van der Waals surface area contributed by atoms with Gasteiger partial charge in [0.05, 0.1) is 17.8 Å². The van der Waals surface area contributed by atoms with Crippen LogP contribution in [0.4, 0.5) is 17.6 Å². The summed E-state index contributed by atoms with van der Waals surface area (Å²) in [5.74, 6) is -2.50. The molecule has 3 rings (SSSR count). The van der Waals surface area contributed by atoms with Gasteiger partial charge in [-0.2, -0.15) is 0 Å². The second-order valence-corrected chi connectivity index (χ2v) is 7.35. The van der Waals surface area contributed by atoms with Gasteiger partial charge in [0.15, 0.2) is 0 Å². The van der Waals surface area contributed by atoms with Gasteiger partial charge in [0.1, 0.15) is 29.2 Å². The van der Waals surface area contributed by atoms with Gasteiger partial charge in [-0.05, 0) is 37.6 Å². The Hall–Kier alpha value is -1.96. The molecule has 0 amide bonds. The third-order valence-electron chi connectivity index (χ3n) is 4.90. The fraction of sp³-hybridized carbons (Fsp3) is 0.400. The highest BCUT2D eigenvalue weighted by Gasteiger charge is 2.45. The van der Waals surface area contributed by atoms with Gasteiger partial charge >= 0.3 is 0 Å². The molecule has 7 heteroatoms. The number of hydrogen-bond acceptors (Lipinski definition) is 3. The molecule has 2 aromatic carbocycles. The molecule has 3 N–H and O–H groups in total. The van der Waals surface area contributed by atoms with Gasteiger partial charge in [0.25, 0.3) is 0 Å². The lowest BCUT2D eigenvalue weighted by molar-refractivity contribution is 0.00307. The molecule has 2 atom stereocenters. The summed E-state index contributed by atoms with van der Waals surface area (Å²) in [7, 11) is 0. The first-order chi connectivity index (χ1) is 12.6. The van der Waals surface area contributed by atoms with Crippen LogP contribution in [0.15, 0.2) is 30.3 Å². The summed E-state index contributed by atoms with van der Waals surface area (Å²) in [5.41, 5.74) is 2.00. The lowest BCUT2D eigenvalue weighted by Crippen LogP contribution is -2.36. The zero-order chi connectivity index (χ0) is 20.0. The molecular weight excluding hydrogens is 362 g/mol. The van der Waals surface area contributed by atoms with Gasteiger partial charge in [-0.25, -0.2) is 17.6 Å². The summed E-state index contributed by atoms with van der Waals surface area (Å²) >= 11 is 0. The van der Waals surface area contributed by atoms with Crippen molar-refractivity contribution < 1.29 is 27.4 Å². The highest BCUT2D eigenvalue weighted by molar-refractivity contribution is 5.68. The molecule has 1 fully saturated rings. The summed E-state index contributed by atoms with van der Waals surface area (Å²) in [6.45, 7) is 2.23. The Labute approximate surface area is 154 Å². The summed E-state index contributed by atoms with van der Waals surface area (Å²) in [6, 6.07) is 5.76. The highest BCUT2D eigenvalue weighted by atomic mass is 19.1. The molecule has 0 radical (unpaired) electrons. The number of rotatable bonds is 4. The summed E-state index contributed by atoms with van der Waals surface area (Å²) in [4.78, 5) is 0. The maximum atomic E-state index is 15.4. The van der Waals surface area contributed by atoms with Crippen LogP contribution in [0.1, 0.15) is 31.4 Å². The standard InChI is InChI=1S/C20H21F4NO2/c1-19(2,26)14-7-15(20(10-25)8-13(22)9-27-20)18(24)16(17(14)23)11-3-5-12(21)6-4-11/h3-7,13,26H,8-10,25H2,1-2H3/t13-,20+/m1/s1. The van der Waals surface area contributed by atoms with E-state index in [1.54, 1.807) is 0 Å². The number of ether oxygens (including phenoxy) is 1. The number of aliphatic hydroxyl groups is 1. The Bertz CT molecular complexity index is 849. The van der Waals surface area contributed by atoms with Gasteiger partial charge in [-0.15, -0.1) is 0 Å². The Morgan fingerprint density at radius 1 is 1.19 bits per heavy atom. The largest absolute Gasteiger partial charge is 0.386 e. The summed E-state index contributed by atoms with van der Waals surface area (Å²) < 4.78 is 63.1. The van der Waals surface area contributed by atoms with Crippen LogP contribution >= 0.6 is 0 Å². The monoisotopic (exact) mass is 383 g/mol. The van der Waals surface area contributed by atoms with E-state index in [1.807, 2.05) is 0 Å². The predicted molar refractivity (Wildman–Crippen MR) is 93.2 cm³/mol. The van der Waals surface area contributed by atoms with Crippen LogP contribution in [-0.4, -0.2) is 24.4 Å². The third kappa shape index (κ3) is 3.47. The number of nitrogens with two attached hydrogens (primary N) is 1. The van der Waals surface area contributed by atoms with E-state index in [-0.39, 0.29) is 36.3 Å². The number of alkyl halides is 1. The third-order valence-corrected chi connectivity index (χ3v) is 4.90. The maximum absolute atomic E-state index is 15.4. The first-order valence-corrected chi connectivity index (χ1v) is 8.58. The average Bonchev–Trinajstić information content (AvgIpc) is 2.98. The molecule has 0 unspecified atom stereocenters. The van der Waals surface area contributed by atoms with Crippen molar-refractivity contribution in [2.45, 2.75) is 37.6 Å². The van der Waals surface area contributed by atoms with Crippen molar-refractivity contribution in [3.63, 3.8) is 0 Å². The van der Waals surface area contributed by atoms with Crippen molar-refractivity contribution >= 4 is 0 Å². The van der Waals surface area contributed by atoms with E-state index >= 15 is 8.78 Å². The SMILES string of the molecule is CC(C)(O)c1cc([C@@]2(CN)C[C@@H](F)CO2)c(F)c(-c2ccc(F)cc2)c1F. The normalized spacial score (nSPS) is 23.0. The van der Waals surface area contributed by atoms with Crippen molar-refractivity contribution in [3.05, 3.63) is 58.9 Å². The van der Waals surface area contributed by atoms with E-state index in [0.29, 0.717) is 0 Å². The predicted octanol–water partition coefficient (Wildman–Crippen LogP) is 3.91. The smallest absolute Gasteiger partial charge is 0.140 e. The Morgan fingerprint density at radius 2 is 1.81 bits per heavy atom. The van der Waals surface area contributed by atoms with Crippen LogP contribution < -0.4 is 5.73 Å². The second-order valence-electron chi connectivity index (χ2n) is 7.35. The topological polar surface area (TPSA) is 55.5 Å². The molecule has 1 heterocycles. The van der Waals surface area contributed by atoms with Gasteiger partial charge < -0.3 is 15.6 Å². The van der Waals surface area contributed by atoms with E-state index in [4.69, 9.17) is 10.5 Å². The second kappa shape index (κ2) is 6.89. The molecule has 1 saturated heterocycles. The minimum absolute atomic E-state index is 0.0840. The minimum atomic E-state index is -1.65.